The van der Waals surface area contributed by atoms with Crippen molar-refractivity contribution in [3.05, 3.63) is 0 Å². The van der Waals surface area contributed by atoms with E-state index < -0.39 is 5.60 Å². The minimum absolute atomic E-state index is 0.167. The van der Waals surface area contributed by atoms with Crippen molar-refractivity contribution in [2.75, 3.05) is 4.43 Å². The Labute approximate surface area is 87.4 Å². The van der Waals surface area contributed by atoms with Crippen molar-refractivity contribution in [1.82, 2.24) is 5.32 Å². The molecule has 0 aromatic heterocycles. The van der Waals surface area contributed by atoms with Crippen LogP contribution in [0.1, 0.15) is 27.7 Å². The number of hydrogen-bond acceptors (Lipinski definition) is 2. The maximum absolute atomic E-state index is 11.1. The number of rotatable bonds is 2. The van der Waals surface area contributed by atoms with Gasteiger partial charge in [-0.1, -0.05) is 22.6 Å². The minimum Gasteiger partial charge on any atom is -0.444 e. The van der Waals surface area contributed by atoms with Gasteiger partial charge in [-0.15, -0.1) is 0 Å². The second-order valence-corrected chi connectivity index (χ2v) is 4.58. The van der Waals surface area contributed by atoms with Crippen LogP contribution in [0, 0.1) is 0 Å². The average molecular weight is 285 g/mol. The molecule has 0 aliphatic rings. The summed E-state index contributed by atoms with van der Waals surface area (Å²) in [6.45, 7) is 7.49. The van der Waals surface area contributed by atoms with E-state index in [1.165, 1.54) is 0 Å². The predicted octanol–water partition coefficient (Wildman–Crippen LogP) is 2.33. The Bertz CT molecular complexity index is 154. The highest BCUT2D eigenvalue weighted by atomic mass is 127. The van der Waals surface area contributed by atoms with Gasteiger partial charge in [-0.3, -0.25) is 0 Å². The summed E-state index contributed by atoms with van der Waals surface area (Å²) >= 11 is 2.21. The van der Waals surface area contributed by atoms with Crippen LogP contribution in [0.25, 0.3) is 0 Å². The first-order chi connectivity index (χ1) is 5.35. The highest BCUT2D eigenvalue weighted by molar-refractivity contribution is 14.1. The fourth-order valence-electron chi connectivity index (χ4n) is 0.547. The Morgan fingerprint density at radius 1 is 1.58 bits per heavy atom. The number of ether oxygens (including phenoxy) is 1. The molecule has 1 N–H and O–H groups in total. The summed E-state index contributed by atoms with van der Waals surface area (Å²) in [6.07, 6.45) is -0.341. The van der Waals surface area contributed by atoms with E-state index in [4.69, 9.17) is 4.74 Å². The first-order valence-corrected chi connectivity index (χ1v) is 5.43. The van der Waals surface area contributed by atoms with E-state index in [0.29, 0.717) is 0 Å². The molecular weight excluding hydrogens is 269 g/mol. The third kappa shape index (κ3) is 6.69. The number of halogens is 1. The van der Waals surface area contributed by atoms with Gasteiger partial charge in [0, 0.05) is 10.5 Å². The molecule has 0 aromatic carbocycles. The van der Waals surface area contributed by atoms with Gasteiger partial charge in [0.25, 0.3) is 0 Å². The molecule has 0 aliphatic carbocycles. The Hall–Kier alpha value is 0. The second-order valence-electron chi connectivity index (χ2n) is 3.70. The molecule has 0 spiro atoms. The van der Waals surface area contributed by atoms with Crippen molar-refractivity contribution in [2.24, 2.45) is 0 Å². The predicted molar refractivity (Wildman–Crippen MR) is 57.7 cm³/mol. The van der Waals surface area contributed by atoms with Crippen LogP contribution in [0.3, 0.4) is 0 Å². The second kappa shape index (κ2) is 4.89. The van der Waals surface area contributed by atoms with Crippen LogP contribution in [0.2, 0.25) is 0 Å². The maximum Gasteiger partial charge on any atom is 0.407 e. The Morgan fingerprint density at radius 3 is 2.42 bits per heavy atom. The first-order valence-electron chi connectivity index (χ1n) is 3.90. The zero-order valence-corrected chi connectivity index (χ0v) is 10.1. The molecule has 1 atom stereocenters. The van der Waals surface area contributed by atoms with E-state index in [9.17, 15) is 4.79 Å². The summed E-state index contributed by atoms with van der Waals surface area (Å²) in [6, 6.07) is 0.167. The number of nitrogens with one attached hydrogen (secondary N) is 1. The van der Waals surface area contributed by atoms with Crippen LogP contribution < -0.4 is 5.32 Å². The molecular formula is C8H16INO2. The van der Waals surface area contributed by atoms with Crippen molar-refractivity contribution in [2.45, 2.75) is 39.3 Å². The molecule has 3 nitrogen and oxygen atoms in total. The molecule has 4 heteroatoms. The van der Waals surface area contributed by atoms with Crippen molar-refractivity contribution in [3.8, 4) is 0 Å². The molecule has 0 heterocycles. The fourth-order valence-corrected chi connectivity index (χ4v) is 0.768. The lowest BCUT2D eigenvalue weighted by Gasteiger charge is -2.21. The van der Waals surface area contributed by atoms with Crippen LogP contribution >= 0.6 is 22.6 Å². The number of carbonyl (C=O) groups excluding carboxylic acids is 1. The third-order valence-corrected chi connectivity index (χ3v) is 2.32. The molecule has 72 valence electrons. The summed E-state index contributed by atoms with van der Waals surface area (Å²) in [4.78, 5) is 11.1. The SMILES string of the molecule is CC(CI)NC(=O)OC(C)(C)C. The maximum atomic E-state index is 11.1. The lowest BCUT2D eigenvalue weighted by atomic mass is 10.2. The van der Waals surface area contributed by atoms with Crippen LogP contribution in [0.4, 0.5) is 4.79 Å². The number of alkyl halides is 1. The van der Waals surface area contributed by atoms with Crippen LogP contribution in [0.15, 0.2) is 0 Å². The number of carbonyl (C=O) groups is 1. The molecule has 0 aromatic rings. The monoisotopic (exact) mass is 285 g/mol. The van der Waals surface area contributed by atoms with E-state index in [0.717, 1.165) is 4.43 Å². The lowest BCUT2D eigenvalue weighted by Crippen LogP contribution is -2.38. The van der Waals surface area contributed by atoms with Crippen molar-refractivity contribution >= 4 is 28.7 Å². The molecule has 1 amide bonds. The highest BCUT2D eigenvalue weighted by Crippen LogP contribution is 2.06. The Balaban J connectivity index is 3.75. The van der Waals surface area contributed by atoms with Gasteiger partial charge in [0.05, 0.1) is 0 Å². The summed E-state index contributed by atoms with van der Waals surface area (Å²) in [7, 11) is 0. The normalized spacial score (nSPS) is 13.8. The van der Waals surface area contributed by atoms with Gasteiger partial charge in [-0.2, -0.15) is 0 Å². The van der Waals surface area contributed by atoms with Crippen molar-refractivity contribution < 1.29 is 9.53 Å². The molecule has 0 rings (SSSR count). The quantitative estimate of drug-likeness (QED) is 0.624. The standard InChI is InChI=1S/C8H16INO2/c1-6(5-9)10-7(11)12-8(2,3)4/h6H,5H2,1-4H3,(H,10,11). The van der Waals surface area contributed by atoms with E-state index in [-0.39, 0.29) is 12.1 Å². The highest BCUT2D eigenvalue weighted by Gasteiger charge is 2.16. The Morgan fingerprint density at radius 2 is 2.08 bits per heavy atom. The van der Waals surface area contributed by atoms with Gasteiger partial charge in [-0.05, 0) is 27.7 Å². The molecule has 0 aliphatic heterocycles. The van der Waals surface area contributed by atoms with Gasteiger partial charge < -0.3 is 10.1 Å². The van der Waals surface area contributed by atoms with Crippen molar-refractivity contribution in [1.29, 1.82) is 0 Å². The minimum atomic E-state index is -0.408. The van der Waals surface area contributed by atoms with Gasteiger partial charge in [-0.25, -0.2) is 4.79 Å². The van der Waals surface area contributed by atoms with Crippen LogP contribution in [0.5, 0.6) is 0 Å². The third-order valence-electron chi connectivity index (χ3n) is 0.995. The molecule has 0 saturated heterocycles. The van der Waals surface area contributed by atoms with E-state index in [2.05, 4.69) is 27.9 Å². The van der Waals surface area contributed by atoms with Crippen LogP contribution in [-0.4, -0.2) is 22.2 Å². The molecule has 0 bridgehead atoms. The summed E-state index contributed by atoms with van der Waals surface area (Å²) < 4.78 is 5.94. The fraction of sp³-hybridized carbons (Fsp3) is 0.875. The molecule has 0 fully saturated rings. The zero-order chi connectivity index (χ0) is 9.78. The number of alkyl carbamates (subject to hydrolysis) is 1. The Kier molecular flexibility index (Phi) is 4.89. The average Bonchev–Trinajstić information content (AvgIpc) is 1.82. The largest absolute Gasteiger partial charge is 0.444 e. The van der Waals surface area contributed by atoms with Crippen molar-refractivity contribution in [3.63, 3.8) is 0 Å². The smallest absolute Gasteiger partial charge is 0.407 e. The van der Waals surface area contributed by atoms with Gasteiger partial charge in [0.2, 0.25) is 0 Å². The number of hydrogen-bond donors (Lipinski definition) is 1. The molecule has 0 saturated carbocycles. The molecule has 0 radical (unpaired) electrons. The van der Waals surface area contributed by atoms with Gasteiger partial charge >= 0.3 is 6.09 Å². The number of amides is 1. The summed E-state index contributed by atoms with van der Waals surface area (Å²) in [5, 5.41) is 2.72. The molecule has 12 heavy (non-hydrogen) atoms. The lowest BCUT2D eigenvalue weighted by molar-refractivity contribution is 0.0514. The van der Waals surface area contributed by atoms with Gasteiger partial charge in [0.1, 0.15) is 5.60 Å². The molecule has 1 unspecified atom stereocenters. The van der Waals surface area contributed by atoms with E-state index >= 15 is 0 Å². The summed E-state index contributed by atoms with van der Waals surface area (Å²) in [5.74, 6) is 0. The van der Waals surface area contributed by atoms with E-state index in [1.54, 1.807) is 0 Å². The van der Waals surface area contributed by atoms with Crippen LogP contribution in [-0.2, 0) is 4.74 Å². The topological polar surface area (TPSA) is 38.3 Å². The van der Waals surface area contributed by atoms with E-state index in [1.807, 2.05) is 27.7 Å². The zero-order valence-electron chi connectivity index (χ0n) is 7.98. The van der Waals surface area contributed by atoms with Gasteiger partial charge in [0.15, 0.2) is 0 Å². The first kappa shape index (κ1) is 12.0. The summed E-state index contributed by atoms with van der Waals surface area (Å²) in [5.41, 5.74) is -0.408.